The Kier molecular flexibility index (Phi) is 5.10. The molecule has 1 amide bonds. The van der Waals surface area contributed by atoms with Gasteiger partial charge in [0.15, 0.2) is 5.82 Å². The number of nitrogens with two attached hydrogens (primary N) is 1. The van der Waals surface area contributed by atoms with Gasteiger partial charge in [-0.15, -0.1) is 0 Å². The van der Waals surface area contributed by atoms with Crippen molar-refractivity contribution in [2.24, 2.45) is 0 Å². The third-order valence-corrected chi connectivity index (χ3v) is 3.80. The number of hydrogen-bond donors (Lipinski definition) is 3. The number of aromatic nitrogens is 3. The van der Waals surface area contributed by atoms with E-state index < -0.39 is 6.10 Å². The second-order valence-electron chi connectivity index (χ2n) is 5.99. The van der Waals surface area contributed by atoms with Gasteiger partial charge in [-0.1, -0.05) is 5.16 Å². The monoisotopic (exact) mass is 347 g/mol. The van der Waals surface area contributed by atoms with Crippen molar-refractivity contribution in [1.29, 1.82) is 0 Å². The summed E-state index contributed by atoms with van der Waals surface area (Å²) in [6, 6.07) is 3.26. The number of anilines is 3. The van der Waals surface area contributed by atoms with Crippen molar-refractivity contribution in [2.75, 3.05) is 48.7 Å². The van der Waals surface area contributed by atoms with Crippen LogP contribution in [0.25, 0.3) is 0 Å². The molecule has 0 bridgehead atoms. The van der Waals surface area contributed by atoms with Gasteiger partial charge in [-0.3, -0.25) is 9.69 Å². The minimum absolute atomic E-state index is 0.147. The van der Waals surface area contributed by atoms with Crippen LogP contribution < -0.4 is 16.0 Å². The molecular formula is C15H21N7O3. The molecule has 0 aliphatic carbocycles. The van der Waals surface area contributed by atoms with Crippen LogP contribution in [-0.2, 0) is 4.79 Å². The van der Waals surface area contributed by atoms with Gasteiger partial charge in [-0.25, -0.2) is 4.98 Å². The Morgan fingerprint density at radius 1 is 1.48 bits per heavy atom. The van der Waals surface area contributed by atoms with Crippen molar-refractivity contribution in [3.8, 4) is 0 Å². The predicted molar refractivity (Wildman–Crippen MR) is 91.0 cm³/mol. The van der Waals surface area contributed by atoms with Crippen LogP contribution in [0.5, 0.6) is 0 Å². The zero-order valence-corrected chi connectivity index (χ0v) is 13.9. The molecule has 0 spiro atoms. The highest BCUT2D eigenvalue weighted by Gasteiger charge is 2.24. The lowest BCUT2D eigenvalue weighted by Crippen LogP contribution is -2.38. The van der Waals surface area contributed by atoms with Crippen LogP contribution in [0.15, 0.2) is 22.9 Å². The number of nitrogen functional groups attached to an aromatic ring is 1. The van der Waals surface area contributed by atoms with E-state index in [-0.39, 0.29) is 12.5 Å². The molecule has 2 aromatic rings. The van der Waals surface area contributed by atoms with Crippen LogP contribution >= 0.6 is 0 Å². The van der Waals surface area contributed by atoms with E-state index in [4.69, 9.17) is 10.3 Å². The molecule has 0 saturated carbocycles. The lowest BCUT2D eigenvalue weighted by Gasteiger charge is -2.21. The first-order valence-electron chi connectivity index (χ1n) is 7.96. The maximum Gasteiger partial charge on any atom is 0.239 e. The zero-order valence-electron chi connectivity index (χ0n) is 13.9. The number of carbonyl (C=O) groups is 1. The summed E-state index contributed by atoms with van der Waals surface area (Å²) in [6.45, 7) is 3.82. The summed E-state index contributed by atoms with van der Waals surface area (Å²) in [5.41, 5.74) is 5.69. The van der Waals surface area contributed by atoms with E-state index in [0.29, 0.717) is 49.5 Å². The molecule has 1 aliphatic rings. The number of rotatable bonds is 4. The van der Waals surface area contributed by atoms with E-state index in [0.717, 1.165) is 0 Å². The van der Waals surface area contributed by atoms with Gasteiger partial charge in [0.1, 0.15) is 11.6 Å². The minimum Gasteiger partial charge on any atom is -0.390 e. The Balaban J connectivity index is 1.58. The molecule has 134 valence electrons. The first-order chi connectivity index (χ1) is 12.0. The van der Waals surface area contributed by atoms with Gasteiger partial charge in [0.05, 0.1) is 12.6 Å². The first-order valence-corrected chi connectivity index (χ1v) is 7.96. The molecule has 4 N–H and O–H groups in total. The van der Waals surface area contributed by atoms with E-state index in [1.807, 2.05) is 9.80 Å². The van der Waals surface area contributed by atoms with Crippen LogP contribution in [0, 0.1) is 6.92 Å². The fraction of sp³-hybridized carbons (Fsp3) is 0.467. The van der Waals surface area contributed by atoms with E-state index in [2.05, 4.69) is 20.4 Å². The molecule has 25 heavy (non-hydrogen) atoms. The number of aryl methyl sites for hydroxylation is 1. The Bertz CT molecular complexity index is 735. The van der Waals surface area contributed by atoms with Crippen LogP contribution in [0.3, 0.4) is 0 Å². The standard InChI is InChI=1S/C15H21N7O3/c1-10-6-13(20-25-10)19-14(24)9-21-4-5-22(8-11(23)7-21)15-17-3-2-12(16)18-15/h2-3,6,11,23H,4-5,7-9H2,1H3,(H2,16,17,18)(H,19,20,24)/t11-/m0/s1. The number of hydrogen-bond acceptors (Lipinski definition) is 9. The Hall–Kier alpha value is -2.72. The molecule has 10 nitrogen and oxygen atoms in total. The van der Waals surface area contributed by atoms with Gasteiger partial charge in [-0.2, -0.15) is 4.98 Å². The lowest BCUT2D eigenvalue weighted by atomic mass is 10.3. The first kappa shape index (κ1) is 17.1. The molecule has 3 rings (SSSR count). The van der Waals surface area contributed by atoms with Crippen molar-refractivity contribution in [1.82, 2.24) is 20.0 Å². The summed E-state index contributed by atoms with van der Waals surface area (Å²) < 4.78 is 4.92. The Morgan fingerprint density at radius 2 is 2.32 bits per heavy atom. The predicted octanol–water partition coefficient (Wildman–Crippen LogP) is -0.523. The van der Waals surface area contributed by atoms with Gasteiger partial charge >= 0.3 is 0 Å². The van der Waals surface area contributed by atoms with Crippen molar-refractivity contribution in [2.45, 2.75) is 13.0 Å². The van der Waals surface area contributed by atoms with Gasteiger partial charge in [0.2, 0.25) is 11.9 Å². The summed E-state index contributed by atoms with van der Waals surface area (Å²) in [5, 5.41) is 16.6. The number of aliphatic hydroxyl groups is 1. The molecule has 3 heterocycles. The van der Waals surface area contributed by atoms with Gasteiger partial charge in [0.25, 0.3) is 0 Å². The second kappa shape index (κ2) is 7.45. The third-order valence-electron chi connectivity index (χ3n) is 3.80. The summed E-state index contributed by atoms with van der Waals surface area (Å²) in [4.78, 5) is 24.2. The normalized spacial score (nSPS) is 18.8. The number of nitrogens with one attached hydrogen (secondary N) is 1. The SMILES string of the molecule is Cc1cc(NC(=O)CN2CCN(c3nccc(N)n3)C[C@@H](O)C2)no1. The van der Waals surface area contributed by atoms with Gasteiger partial charge < -0.3 is 25.6 Å². The summed E-state index contributed by atoms with van der Waals surface area (Å²) in [5.74, 6) is 1.64. The third kappa shape index (κ3) is 4.64. The lowest BCUT2D eigenvalue weighted by molar-refractivity contribution is -0.117. The molecule has 0 radical (unpaired) electrons. The zero-order chi connectivity index (χ0) is 17.8. The average molecular weight is 347 g/mol. The van der Waals surface area contributed by atoms with Gasteiger partial charge in [0, 0.05) is 38.4 Å². The number of amides is 1. The van der Waals surface area contributed by atoms with Gasteiger partial charge in [-0.05, 0) is 13.0 Å². The number of aliphatic hydroxyl groups excluding tert-OH is 1. The van der Waals surface area contributed by atoms with Crippen molar-refractivity contribution in [3.63, 3.8) is 0 Å². The fourth-order valence-corrected chi connectivity index (χ4v) is 2.71. The van der Waals surface area contributed by atoms with E-state index in [1.54, 1.807) is 25.3 Å². The number of β-amino-alcohol motifs (C(OH)–C–C–N with tert-alkyl or cyclic N) is 1. The highest BCUT2D eigenvalue weighted by Crippen LogP contribution is 2.13. The van der Waals surface area contributed by atoms with Crippen LogP contribution in [-0.4, -0.2) is 69.9 Å². The summed E-state index contributed by atoms with van der Waals surface area (Å²) >= 11 is 0. The molecule has 0 unspecified atom stereocenters. The van der Waals surface area contributed by atoms with Crippen LogP contribution in [0.4, 0.5) is 17.6 Å². The van der Waals surface area contributed by atoms with Crippen molar-refractivity contribution < 1.29 is 14.4 Å². The number of nitrogens with zero attached hydrogens (tertiary/aromatic N) is 5. The van der Waals surface area contributed by atoms with Crippen LogP contribution in [0.2, 0.25) is 0 Å². The molecule has 1 aliphatic heterocycles. The van der Waals surface area contributed by atoms with Crippen molar-refractivity contribution >= 4 is 23.5 Å². The molecule has 1 fully saturated rings. The molecule has 0 aromatic carbocycles. The van der Waals surface area contributed by atoms with E-state index >= 15 is 0 Å². The van der Waals surface area contributed by atoms with Crippen LogP contribution in [0.1, 0.15) is 5.76 Å². The summed E-state index contributed by atoms with van der Waals surface area (Å²) in [7, 11) is 0. The molecular weight excluding hydrogens is 326 g/mol. The molecule has 1 saturated heterocycles. The molecule has 2 aromatic heterocycles. The Labute approximate surface area is 144 Å². The molecule has 1 atom stereocenters. The van der Waals surface area contributed by atoms with Crippen molar-refractivity contribution in [3.05, 3.63) is 24.1 Å². The largest absolute Gasteiger partial charge is 0.390 e. The highest BCUT2D eigenvalue weighted by molar-refractivity contribution is 5.91. The van der Waals surface area contributed by atoms with E-state index in [1.165, 1.54) is 0 Å². The fourth-order valence-electron chi connectivity index (χ4n) is 2.71. The highest BCUT2D eigenvalue weighted by atomic mass is 16.5. The topological polar surface area (TPSA) is 134 Å². The number of carbonyl (C=O) groups excluding carboxylic acids is 1. The maximum absolute atomic E-state index is 12.1. The summed E-state index contributed by atoms with van der Waals surface area (Å²) in [6.07, 6.45) is 0.953. The Morgan fingerprint density at radius 3 is 3.04 bits per heavy atom. The second-order valence-corrected chi connectivity index (χ2v) is 5.99. The average Bonchev–Trinajstić information content (AvgIpc) is 2.85. The maximum atomic E-state index is 12.1. The smallest absolute Gasteiger partial charge is 0.239 e. The molecule has 10 heteroatoms. The minimum atomic E-state index is -0.630. The van der Waals surface area contributed by atoms with E-state index in [9.17, 15) is 9.90 Å². The quantitative estimate of drug-likeness (QED) is 0.667.